The van der Waals surface area contributed by atoms with Crippen molar-refractivity contribution in [2.24, 2.45) is 0 Å². The van der Waals surface area contributed by atoms with Crippen molar-refractivity contribution in [1.82, 2.24) is 0 Å². The highest BCUT2D eigenvalue weighted by atomic mass is 79.9. The summed E-state index contributed by atoms with van der Waals surface area (Å²) < 4.78 is 34.4. The zero-order valence-corrected chi connectivity index (χ0v) is 15.9. The van der Waals surface area contributed by atoms with Gasteiger partial charge >= 0.3 is 5.97 Å². The molecule has 0 bridgehead atoms. The minimum absolute atomic E-state index is 0.0729. The monoisotopic (exact) mass is 443 g/mol. The van der Waals surface area contributed by atoms with Crippen LogP contribution in [0.5, 0.6) is 5.75 Å². The lowest BCUT2D eigenvalue weighted by Gasteiger charge is -2.08. The lowest BCUT2D eigenvalue weighted by molar-refractivity contribution is -0.387. The van der Waals surface area contributed by atoms with Gasteiger partial charge in [-0.1, -0.05) is 15.9 Å². The average Bonchev–Trinajstić information content (AvgIpc) is 2.58. The van der Waals surface area contributed by atoms with Gasteiger partial charge in [-0.15, -0.1) is 0 Å². The van der Waals surface area contributed by atoms with Crippen molar-refractivity contribution < 1.29 is 27.6 Å². The summed E-state index contributed by atoms with van der Waals surface area (Å²) in [5.74, 6) is -0.218. The van der Waals surface area contributed by atoms with Gasteiger partial charge in [-0.3, -0.25) is 10.1 Å². The molecule has 138 valence electrons. The van der Waals surface area contributed by atoms with Crippen molar-refractivity contribution in [3.8, 4) is 5.75 Å². The quantitative estimate of drug-likeness (QED) is 0.279. The molecule has 0 heterocycles. The fraction of sp³-hybridized carbons (Fsp3) is 0.188. The number of ether oxygens (including phenoxy) is 2. The number of esters is 1. The van der Waals surface area contributed by atoms with Gasteiger partial charge in [0.05, 0.1) is 10.5 Å². The first-order valence-electron chi connectivity index (χ1n) is 7.22. The molecule has 8 nitrogen and oxygen atoms in total. The molecule has 0 N–H and O–H groups in total. The fourth-order valence-electron chi connectivity index (χ4n) is 2.01. The smallest absolute Gasteiger partial charge is 0.338 e. The number of nitrogens with zero attached hydrogens (tertiary/aromatic N) is 1. The average molecular weight is 444 g/mol. The molecule has 10 heteroatoms. The van der Waals surface area contributed by atoms with Crippen molar-refractivity contribution in [3.05, 3.63) is 62.6 Å². The van der Waals surface area contributed by atoms with Gasteiger partial charge in [-0.2, -0.15) is 0 Å². The standard InChI is InChI=1S/C16H14BrNO7S/c1-26(22,23)15-7-2-11(10-14(15)18(20)21)16(19)25-9-8-24-13-5-3-12(17)4-6-13/h2-7,10H,8-9H2,1H3. The number of carbonyl (C=O) groups excluding carboxylic acids is 1. The Morgan fingerprint density at radius 3 is 2.38 bits per heavy atom. The van der Waals surface area contributed by atoms with E-state index in [9.17, 15) is 23.3 Å². The van der Waals surface area contributed by atoms with Crippen LogP contribution in [0.2, 0.25) is 0 Å². The first kappa shape index (κ1) is 19.9. The van der Waals surface area contributed by atoms with Crippen LogP contribution in [0.1, 0.15) is 10.4 Å². The molecule has 0 aliphatic heterocycles. The number of rotatable bonds is 7. The topological polar surface area (TPSA) is 113 Å². The molecule has 0 fully saturated rings. The third-order valence-electron chi connectivity index (χ3n) is 3.19. The maximum absolute atomic E-state index is 12.0. The van der Waals surface area contributed by atoms with Crippen LogP contribution >= 0.6 is 15.9 Å². The van der Waals surface area contributed by atoms with Crippen LogP contribution in [0.25, 0.3) is 0 Å². The van der Waals surface area contributed by atoms with Gasteiger partial charge in [0.1, 0.15) is 23.9 Å². The molecule has 0 saturated carbocycles. The molecule has 0 unspecified atom stereocenters. The summed E-state index contributed by atoms with van der Waals surface area (Å²) in [5, 5.41) is 11.1. The highest BCUT2D eigenvalue weighted by molar-refractivity contribution is 9.10. The van der Waals surface area contributed by atoms with Gasteiger partial charge in [0.2, 0.25) is 0 Å². The largest absolute Gasteiger partial charge is 0.490 e. The minimum Gasteiger partial charge on any atom is -0.490 e. The Bertz CT molecular complexity index is 926. The second-order valence-electron chi connectivity index (χ2n) is 5.15. The third kappa shape index (κ3) is 5.27. The zero-order chi connectivity index (χ0) is 19.3. The third-order valence-corrected chi connectivity index (χ3v) is 4.86. The number of nitro groups is 1. The Morgan fingerprint density at radius 2 is 1.81 bits per heavy atom. The molecule has 0 aromatic heterocycles. The van der Waals surface area contributed by atoms with E-state index in [0.29, 0.717) is 5.75 Å². The highest BCUT2D eigenvalue weighted by Crippen LogP contribution is 2.25. The number of halogens is 1. The molecular formula is C16H14BrNO7S. The first-order valence-corrected chi connectivity index (χ1v) is 9.91. The summed E-state index contributed by atoms with van der Waals surface area (Å²) in [5.41, 5.74) is -0.791. The normalized spacial score (nSPS) is 11.0. The van der Waals surface area contributed by atoms with Gasteiger partial charge in [0, 0.05) is 16.8 Å². The summed E-state index contributed by atoms with van der Waals surface area (Å²) >= 11 is 3.29. The van der Waals surface area contributed by atoms with Crippen LogP contribution in [0.4, 0.5) is 5.69 Å². The van der Waals surface area contributed by atoms with Gasteiger partial charge in [-0.25, -0.2) is 13.2 Å². The molecule has 0 radical (unpaired) electrons. The van der Waals surface area contributed by atoms with E-state index in [2.05, 4.69) is 15.9 Å². The molecule has 0 aliphatic rings. The van der Waals surface area contributed by atoms with Crippen molar-refractivity contribution in [2.75, 3.05) is 19.5 Å². The first-order chi connectivity index (χ1) is 12.2. The molecule has 0 spiro atoms. The van der Waals surface area contributed by atoms with Crippen molar-refractivity contribution in [3.63, 3.8) is 0 Å². The molecule has 0 amide bonds. The number of benzene rings is 2. The lowest BCUT2D eigenvalue weighted by Crippen LogP contribution is -2.13. The van der Waals surface area contributed by atoms with Crippen LogP contribution < -0.4 is 4.74 Å². The molecule has 0 saturated heterocycles. The minimum atomic E-state index is -3.79. The molecular weight excluding hydrogens is 430 g/mol. The summed E-state index contributed by atoms with van der Waals surface area (Å²) in [6.07, 6.45) is 0.854. The number of carbonyl (C=O) groups is 1. The van der Waals surface area contributed by atoms with E-state index in [0.717, 1.165) is 22.9 Å². The van der Waals surface area contributed by atoms with Gasteiger partial charge < -0.3 is 9.47 Å². The maximum atomic E-state index is 12.0. The Morgan fingerprint density at radius 1 is 1.15 bits per heavy atom. The van der Waals surface area contributed by atoms with Crippen LogP contribution in [0.3, 0.4) is 0 Å². The summed E-state index contributed by atoms with van der Waals surface area (Å²) in [7, 11) is -3.79. The Balaban J connectivity index is 2.00. The lowest BCUT2D eigenvalue weighted by atomic mass is 10.2. The number of hydrogen-bond donors (Lipinski definition) is 0. The molecule has 2 rings (SSSR count). The predicted molar refractivity (Wildman–Crippen MR) is 96.1 cm³/mol. The van der Waals surface area contributed by atoms with Gasteiger partial charge in [0.25, 0.3) is 5.69 Å². The van der Waals surface area contributed by atoms with Crippen molar-refractivity contribution in [2.45, 2.75) is 4.90 Å². The second-order valence-corrected chi connectivity index (χ2v) is 8.05. The van der Waals surface area contributed by atoms with Crippen LogP contribution in [-0.2, 0) is 14.6 Å². The number of nitro benzene ring substituents is 1. The van der Waals surface area contributed by atoms with E-state index in [1.165, 1.54) is 6.07 Å². The van der Waals surface area contributed by atoms with E-state index < -0.39 is 31.3 Å². The zero-order valence-electron chi connectivity index (χ0n) is 13.5. The molecule has 2 aromatic rings. The van der Waals surface area contributed by atoms with E-state index in [1.54, 1.807) is 24.3 Å². The summed E-state index contributed by atoms with van der Waals surface area (Å²) in [4.78, 5) is 21.7. The van der Waals surface area contributed by atoms with E-state index >= 15 is 0 Å². The molecule has 0 atom stereocenters. The van der Waals surface area contributed by atoms with E-state index in [1.807, 2.05) is 0 Å². The van der Waals surface area contributed by atoms with E-state index in [-0.39, 0.29) is 18.8 Å². The Kier molecular flexibility index (Phi) is 6.32. The second kappa shape index (κ2) is 8.28. The predicted octanol–water partition coefficient (Wildman–Crippen LogP) is 3.00. The Hall–Kier alpha value is -2.46. The van der Waals surface area contributed by atoms with Crippen LogP contribution in [0.15, 0.2) is 51.8 Å². The van der Waals surface area contributed by atoms with Crippen LogP contribution in [0, 0.1) is 10.1 Å². The summed E-state index contributed by atoms with van der Waals surface area (Å²) in [6.45, 7) is 0.0212. The van der Waals surface area contributed by atoms with Gasteiger partial charge in [0.15, 0.2) is 9.84 Å². The highest BCUT2D eigenvalue weighted by Gasteiger charge is 2.24. The van der Waals surface area contributed by atoms with Crippen molar-refractivity contribution in [1.29, 1.82) is 0 Å². The maximum Gasteiger partial charge on any atom is 0.338 e. The SMILES string of the molecule is CS(=O)(=O)c1ccc(C(=O)OCCOc2ccc(Br)cc2)cc1[N+](=O)[O-]. The summed E-state index contributed by atoms with van der Waals surface area (Å²) in [6, 6.07) is 10.1. The molecule has 0 aliphatic carbocycles. The van der Waals surface area contributed by atoms with Crippen LogP contribution in [-0.4, -0.2) is 38.8 Å². The molecule has 26 heavy (non-hydrogen) atoms. The fourth-order valence-corrected chi connectivity index (χ4v) is 3.10. The number of hydrogen-bond acceptors (Lipinski definition) is 7. The van der Waals surface area contributed by atoms with E-state index in [4.69, 9.17) is 9.47 Å². The van der Waals surface area contributed by atoms with Gasteiger partial charge in [-0.05, 0) is 36.4 Å². The number of sulfone groups is 1. The Labute approximate surface area is 157 Å². The van der Waals surface area contributed by atoms with Crippen molar-refractivity contribution >= 4 is 37.4 Å². The molecule has 2 aromatic carbocycles.